The summed E-state index contributed by atoms with van der Waals surface area (Å²) in [6.07, 6.45) is 2.00. The number of hydrogen-bond acceptors (Lipinski definition) is 0. The highest BCUT2D eigenvalue weighted by atomic mass is 35.5. The summed E-state index contributed by atoms with van der Waals surface area (Å²) in [6.45, 7) is 4.12. The number of hydrogen-bond donors (Lipinski definition) is 1. The summed E-state index contributed by atoms with van der Waals surface area (Å²) in [5.41, 5.74) is 2.54. The molecule has 10 heavy (non-hydrogen) atoms. The Bertz CT molecular complexity index is 155. The first-order valence-electron chi connectivity index (χ1n) is 2.94. The van der Waals surface area contributed by atoms with Crippen LogP contribution in [0.5, 0.6) is 0 Å². The molecule has 0 unspecified atom stereocenters. The van der Waals surface area contributed by atoms with E-state index in [9.17, 15) is 0 Å². The second-order valence-electron chi connectivity index (χ2n) is 1.96. The highest BCUT2D eigenvalue weighted by Gasteiger charge is 1.82. The Balaban J connectivity index is 0.000000236. The van der Waals surface area contributed by atoms with Gasteiger partial charge in [0.05, 0.1) is 5.34 Å². The van der Waals surface area contributed by atoms with E-state index >= 15 is 0 Å². The van der Waals surface area contributed by atoms with Crippen molar-refractivity contribution in [3.8, 4) is 0 Å². The minimum absolute atomic E-state index is 0.194. The summed E-state index contributed by atoms with van der Waals surface area (Å²) >= 11 is 9.53. The summed E-state index contributed by atoms with van der Waals surface area (Å²) in [4.78, 5) is 3.07. The average Bonchev–Trinajstić information content (AvgIpc) is 2.17. The molecular weight excluding hydrogens is 169 g/mol. The molecule has 1 aromatic rings. The molecule has 0 spiro atoms. The van der Waals surface area contributed by atoms with Crippen LogP contribution in [-0.4, -0.2) is 10.3 Å². The number of rotatable bonds is 0. The monoisotopic (exact) mass is 179 g/mol. The van der Waals surface area contributed by atoms with Crippen LogP contribution in [0.15, 0.2) is 12.3 Å². The van der Waals surface area contributed by atoms with Crippen molar-refractivity contribution in [3.63, 3.8) is 0 Å². The fourth-order valence-electron chi connectivity index (χ4n) is 0.653. The number of halogens is 2. The van der Waals surface area contributed by atoms with E-state index in [0.717, 1.165) is 0 Å². The molecule has 3 heteroatoms. The molecule has 1 aromatic heterocycles. The summed E-state index contributed by atoms with van der Waals surface area (Å²) in [7, 11) is 0. The lowest BCUT2D eigenvalue weighted by Crippen LogP contribution is -1.59. The quantitative estimate of drug-likeness (QED) is 0.590. The minimum Gasteiger partial charge on any atom is -0.365 e. The summed E-state index contributed by atoms with van der Waals surface area (Å²) in [6, 6.07) is 2.11. The van der Waals surface area contributed by atoms with Crippen LogP contribution in [0.2, 0.25) is 0 Å². The van der Waals surface area contributed by atoms with E-state index in [1.165, 1.54) is 11.3 Å². The van der Waals surface area contributed by atoms with Crippen molar-refractivity contribution in [2.75, 3.05) is 5.34 Å². The molecule has 0 amide bonds. The molecule has 0 aromatic carbocycles. The first-order valence-corrected chi connectivity index (χ1v) is 4.01. The molecular formula is C7H11Cl2N. The predicted octanol–water partition coefficient (Wildman–Crippen LogP) is 3.05. The van der Waals surface area contributed by atoms with Gasteiger partial charge in [-0.2, -0.15) is 0 Å². The number of H-pyrrole nitrogens is 1. The van der Waals surface area contributed by atoms with Crippen molar-refractivity contribution in [2.24, 2.45) is 0 Å². The minimum atomic E-state index is 0.194. The zero-order valence-corrected chi connectivity index (χ0v) is 7.63. The zero-order valence-electron chi connectivity index (χ0n) is 6.12. The van der Waals surface area contributed by atoms with Gasteiger partial charge in [-0.25, -0.2) is 0 Å². The first kappa shape index (κ1) is 9.86. The van der Waals surface area contributed by atoms with Crippen LogP contribution in [0.4, 0.5) is 0 Å². The lowest BCUT2D eigenvalue weighted by molar-refractivity contribution is 1.26. The van der Waals surface area contributed by atoms with Crippen LogP contribution in [0.3, 0.4) is 0 Å². The molecule has 0 saturated heterocycles. The number of aryl methyl sites for hydroxylation is 2. The molecule has 0 saturated carbocycles. The number of alkyl halides is 2. The smallest absolute Gasteiger partial charge is 0.0967 e. The maximum Gasteiger partial charge on any atom is 0.0967 e. The van der Waals surface area contributed by atoms with Crippen LogP contribution in [0, 0.1) is 13.8 Å². The fourth-order valence-corrected chi connectivity index (χ4v) is 0.653. The van der Waals surface area contributed by atoms with E-state index in [4.69, 9.17) is 23.2 Å². The summed E-state index contributed by atoms with van der Waals surface area (Å²) in [5, 5.41) is 0.194. The largest absolute Gasteiger partial charge is 0.365 e. The number of aromatic amines is 1. The van der Waals surface area contributed by atoms with Crippen molar-refractivity contribution >= 4 is 23.2 Å². The van der Waals surface area contributed by atoms with Gasteiger partial charge in [0.25, 0.3) is 0 Å². The molecule has 0 bridgehead atoms. The molecule has 0 aliphatic rings. The van der Waals surface area contributed by atoms with Crippen molar-refractivity contribution in [1.29, 1.82) is 0 Å². The maximum absolute atomic E-state index is 4.76. The third-order valence-electron chi connectivity index (χ3n) is 0.972. The van der Waals surface area contributed by atoms with E-state index in [2.05, 4.69) is 18.0 Å². The Hall–Kier alpha value is -0.140. The molecule has 1 N–H and O–H groups in total. The SMILES string of the molecule is Cc1c[nH]c(C)c1.ClCCl. The third kappa shape index (κ3) is 4.71. The highest BCUT2D eigenvalue weighted by molar-refractivity contribution is 6.40. The summed E-state index contributed by atoms with van der Waals surface area (Å²) < 4.78 is 0. The van der Waals surface area contributed by atoms with Gasteiger partial charge in [-0.3, -0.25) is 0 Å². The lowest BCUT2D eigenvalue weighted by atomic mass is 10.4. The van der Waals surface area contributed by atoms with Gasteiger partial charge in [0, 0.05) is 11.9 Å². The second kappa shape index (κ2) is 5.63. The zero-order chi connectivity index (χ0) is 7.98. The molecule has 1 heterocycles. The molecule has 0 aliphatic heterocycles. The van der Waals surface area contributed by atoms with Gasteiger partial charge < -0.3 is 4.98 Å². The lowest BCUT2D eigenvalue weighted by Gasteiger charge is -1.71. The van der Waals surface area contributed by atoms with Crippen LogP contribution >= 0.6 is 23.2 Å². The number of nitrogens with one attached hydrogen (secondary N) is 1. The van der Waals surface area contributed by atoms with Gasteiger partial charge in [-0.05, 0) is 25.5 Å². The Kier molecular flexibility index (Phi) is 5.55. The Morgan fingerprint density at radius 3 is 2.00 bits per heavy atom. The predicted molar refractivity (Wildman–Crippen MR) is 46.8 cm³/mol. The van der Waals surface area contributed by atoms with E-state index in [-0.39, 0.29) is 5.34 Å². The fraction of sp³-hybridized carbons (Fsp3) is 0.429. The highest BCUT2D eigenvalue weighted by Crippen LogP contribution is 1.97. The summed E-state index contributed by atoms with van der Waals surface area (Å²) in [5.74, 6) is 0. The normalized spacial score (nSPS) is 8.40. The van der Waals surface area contributed by atoms with E-state index in [0.29, 0.717) is 0 Å². The molecule has 0 aliphatic carbocycles. The van der Waals surface area contributed by atoms with Crippen molar-refractivity contribution in [2.45, 2.75) is 13.8 Å². The van der Waals surface area contributed by atoms with Crippen molar-refractivity contribution in [3.05, 3.63) is 23.5 Å². The van der Waals surface area contributed by atoms with Gasteiger partial charge in [-0.1, -0.05) is 0 Å². The molecule has 0 atom stereocenters. The second-order valence-corrected chi connectivity index (χ2v) is 2.77. The van der Waals surface area contributed by atoms with Crippen LogP contribution < -0.4 is 0 Å². The van der Waals surface area contributed by atoms with Crippen LogP contribution in [-0.2, 0) is 0 Å². The molecule has 58 valence electrons. The Morgan fingerprint density at radius 1 is 1.40 bits per heavy atom. The van der Waals surface area contributed by atoms with E-state index in [1.807, 2.05) is 13.1 Å². The van der Waals surface area contributed by atoms with Gasteiger partial charge in [-0.15, -0.1) is 23.2 Å². The van der Waals surface area contributed by atoms with Crippen molar-refractivity contribution in [1.82, 2.24) is 4.98 Å². The number of aromatic nitrogens is 1. The molecule has 0 radical (unpaired) electrons. The molecule has 1 nitrogen and oxygen atoms in total. The van der Waals surface area contributed by atoms with Crippen LogP contribution in [0.1, 0.15) is 11.3 Å². The first-order chi connectivity index (χ1) is 4.70. The Labute approximate surface area is 71.3 Å². The maximum atomic E-state index is 4.76. The third-order valence-corrected chi connectivity index (χ3v) is 0.972. The van der Waals surface area contributed by atoms with Crippen LogP contribution in [0.25, 0.3) is 0 Å². The standard InChI is InChI=1S/C6H9N.CH2Cl2/c1-5-3-6(2)7-4-5;2-1-3/h3-4,7H,1-2H3;1H2. The van der Waals surface area contributed by atoms with Gasteiger partial charge in [0.15, 0.2) is 0 Å². The Morgan fingerprint density at radius 2 is 1.90 bits per heavy atom. The van der Waals surface area contributed by atoms with Gasteiger partial charge in [0.1, 0.15) is 0 Å². The average molecular weight is 180 g/mol. The van der Waals surface area contributed by atoms with Crippen molar-refractivity contribution < 1.29 is 0 Å². The molecule has 0 fully saturated rings. The topological polar surface area (TPSA) is 15.8 Å². The van der Waals surface area contributed by atoms with E-state index in [1.54, 1.807) is 0 Å². The van der Waals surface area contributed by atoms with E-state index < -0.39 is 0 Å². The van der Waals surface area contributed by atoms with Gasteiger partial charge >= 0.3 is 0 Å². The molecule has 1 rings (SSSR count). The van der Waals surface area contributed by atoms with Gasteiger partial charge in [0.2, 0.25) is 0 Å².